The van der Waals surface area contributed by atoms with E-state index in [-0.39, 0.29) is 54.1 Å². The molecule has 380 valence electrons. The predicted molar refractivity (Wildman–Crippen MR) is 266 cm³/mol. The highest BCUT2D eigenvalue weighted by Crippen LogP contribution is 2.38. The minimum absolute atomic E-state index is 0.0644. The van der Waals surface area contributed by atoms with Crippen molar-refractivity contribution in [2.45, 2.75) is 186 Å². The Labute approximate surface area is 409 Å². The molecule has 0 spiro atoms. The number of ether oxygens (including phenoxy) is 4. The number of cyclic esters (lactones) is 1. The van der Waals surface area contributed by atoms with Crippen LogP contribution in [0.5, 0.6) is 0 Å². The Bertz CT molecular complexity index is 1930. The first-order chi connectivity index (χ1) is 32.4. The van der Waals surface area contributed by atoms with E-state index in [0.717, 1.165) is 24.1 Å². The van der Waals surface area contributed by atoms with Crippen LogP contribution in [0.4, 0.5) is 5.69 Å². The molecular weight excluding hydrogens is 885 g/mol. The maximum Gasteiger partial charge on any atom is 0.329 e. The molecule has 2 saturated heterocycles. The Balaban J connectivity index is 1.46. The molecule has 3 aliphatic heterocycles. The number of aliphatic hydroxyl groups is 3. The average molecular weight is 967 g/mol. The molecule has 2 bridgehead atoms. The molecule has 1 aliphatic carbocycles. The summed E-state index contributed by atoms with van der Waals surface area (Å²) >= 11 is 1.57. The normalized spacial score (nSPS) is 39.1. The standard InChI is InChI=1S/C54H82N2O11S/c1-33-15-11-10-12-16-35(3)43(55-41-24-26-68-32-41)31-42-21-19-39(7)54(63,67-42)51(60)52(61)56-25-14-13-17-44(56)53(62)66-46(36(4)29-40-20-22-45(57)47(30-40)64-8)23-18-34(2)28-38(6)49(59)50(65-9)48(58)37(5)27-33/h10-12,15-16,24,26,28,32-34,36-37,39-40,42-47,49-50,55,57,59,63H,13-14,17-23,25,27,29-31H2,1-9H3/b12-10+,15-11+,35-16+,38-28+/t33-,34+,36-,37-,39-,40-,42+,43-,44+,45-,46+,47-,49-,50+,54-/m1/s1. The number of esters is 1. The highest BCUT2D eigenvalue weighted by molar-refractivity contribution is 7.08. The zero-order valence-electron chi connectivity index (χ0n) is 42.1. The Hall–Kier alpha value is -3.50. The van der Waals surface area contributed by atoms with Gasteiger partial charge in [-0.25, -0.2) is 4.79 Å². The largest absolute Gasteiger partial charge is 0.461 e. The molecule has 14 heteroatoms. The van der Waals surface area contributed by atoms with Gasteiger partial charge in [-0.3, -0.25) is 14.4 Å². The number of methoxy groups -OCH3 is 2. The lowest BCUT2D eigenvalue weighted by molar-refractivity contribution is -0.263. The molecule has 15 atom stereocenters. The van der Waals surface area contributed by atoms with Crippen LogP contribution in [0, 0.1) is 35.5 Å². The van der Waals surface area contributed by atoms with Gasteiger partial charge in [-0.2, -0.15) is 11.3 Å². The first-order valence-corrected chi connectivity index (χ1v) is 26.2. The van der Waals surface area contributed by atoms with Gasteiger partial charge in [0.25, 0.3) is 11.7 Å². The van der Waals surface area contributed by atoms with E-state index < -0.39 is 65.9 Å². The molecule has 5 rings (SSSR count). The van der Waals surface area contributed by atoms with Gasteiger partial charge >= 0.3 is 5.97 Å². The highest BCUT2D eigenvalue weighted by Gasteiger charge is 2.53. The Morgan fingerprint density at radius 2 is 1.65 bits per heavy atom. The zero-order valence-corrected chi connectivity index (χ0v) is 43.0. The van der Waals surface area contributed by atoms with E-state index in [1.54, 1.807) is 32.3 Å². The first kappa shape index (κ1) is 55.4. The zero-order chi connectivity index (χ0) is 49.7. The summed E-state index contributed by atoms with van der Waals surface area (Å²) in [5.74, 6) is -6.08. The molecule has 1 aromatic rings. The van der Waals surface area contributed by atoms with Crippen LogP contribution in [0.25, 0.3) is 0 Å². The van der Waals surface area contributed by atoms with Crippen LogP contribution in [0.2, 0.25) is 0 Å². The molecule has 13 nitrogen and oxygen atoms in total. The number of carbonyl (C=O) groups is 4. The van der Waals surface area contributed by atoms with Gasteiger partial charge in [0.1, 0.15) is 24.4 Å². The fourth-order valence-electron chi connectivity index (χ4n) is 10.8. The van der Waals surface area contributed by atoms with E-state index in [9.17, 15) is 34.5 Å². The number of allylic oxidation sites excluding steroid dienone is 6. The van der Waals surface area contributed by atoms with E-state index in [1.807, 2.05) is 68.0 Å². The van der Waals surface area contributed by atoms with E-state index >= 15 is 0 Å². The van der Waals surface area contributed by atoms with E-state index in [2.05, 4.69) is 25.2 Å². The SMILES string of the molecule is CO[C@@H]1C[C@@H](C[C@@H](C)[C@@H]2CC[C@H](C)/C=C(\C)[C@@H](O)[C@@H](OC)C(=O)[C@H](C)C[C@H](C)/C=C/C=C/C=C(\C)[C@H](Nc3ccsc3)C[C@@H]3CC[C@@H](C)[C@@](O)(O3)C(=O)C(=O)N3CCCC[C@H]3C(=O)O2)CC[C@H]1O. The number of piperidine rings is 1. The number of hydrogen-bond donors (Lipinski definition) is 4. The second kappa shape index (κ2) is 26.1. The van der Waals surface area contributed by atoms with Crippen LogP contribution in [0.15, 0.2) is 64.4 Å². The van der Waals surface area contributed by atoms with E-state index in [0.29, 0.717) is 76.2 Å². The molecule has 68 heavy (non-hydrogen) atoms. The minimum atomic E-state index is -2.38. The summed E-state index contributed by atoms with van der Waals surface area (Å²) in [6, 6.07) is 0.732. The summed E-state index contributed by atoms with van der Waals surface area (Å²) in [5, 5.41) is 41.8. The number of ketones is 2. The topological polar surface area (TPSA) is 181 Å². The number of carbonyl (C=O) groups excluding carboxylic acids is 4. The van der Waals surface area contributed by atoms with Gasteiger partial charge in [0.05, 0.1) is 18.3 Å². The number of rotatable bonds is 7. The molecule has 1 saturated carbocycles. The number of nitrogens with zero attached hydrogens (tertiary/aromatic N) is 1. The lowest BCUT2D eigenvalue weighted by atomic mass is 9.78. The van der Waals surface area contributed by atoms with Gasteiger partial charge in [0, 0.05) is 49.7 Å². The maximum atomic E-state index is 14.5. The maximum absolute atomic E-state index is 14.5. The summed E-state index contributed by atoms with van der Waals surface area (Å²) in [6.07, 6.45) is 15.2. The van der Waals surface area contributed by atoms with Crippen molar-refractivity contribution in [1.29, 1.82) is 0 Å². The molecule has 1 amide bonds. The number of anilines is 1. The third kappa shape index (κ3) is 14.8. The smallest absolute Gasteiger partial charge is 0.329 e. The Morgan fingerprint density at radius 1 is 0.882 bits per heavy atom. The molecule has 1 aromatic heterocycles. The van der Waals surface area contributed by atoms with Crippen molar-refractivity contribution >= 4 is 40.5 Å². The summed E-state index contributed by atoms with van der Waals surface area (Å²) in [4.78, 5) is 58.3. The van der Waals surface area contributed by atoms with Crippen molar-refractivity contribution in [3.8, 4) is 0 Å². The summed E-state index contributed by atoms with van der Waals surface area (Å²) in [7, 11) is 3.06. The van der Waals surface area contributed by atoms with Gasteiger partial charge in [-0.15, -0.1) is 0 Å². The molecule has 4 N–H and O–H groups in total. The lowest BCUT2D eigenvalue weighted by Crippen LogP contribution is -2.61. The van der Waals surface area contributed by atoms with Crippen molar-refractivity contribution < 1.29 is 53.4 Å². The Morgan fingerprint density at radius 3 is 2.35 bits per heavy atom. The van der Waals surface area contributed by atoms with Gasteiger partial charge < -0.3 is 44.5 Å². The quantitative estimate of drug-likeness (QED) is 0.116. The van der Waals surface area contributed by atoms with E-state index in [4.69, 9.17) is 18.9 Å². The number of Topliss-reactive ketones (excluding diaryl/α,β-unsaturated/α-hetero) is 2. The lowest BCUT2D eigenvalue weighted by Gasteiger charge is -2.43. The minimum Gasteiger partial charge on any atom is -0.461 e. The van der Waals surface area contributed by atoms with Crippen molar-refractivity contribution in [2.75, 3.05) is 26.1 Å². The molecule has 0 aromatic carbocycles. The van der Waals surface area contributed by atoms with Crippen molar-refractivity contribution in [2.24, 2.45) is 35.5 Å². The van der Waals surface area contributed by atoms with Gasteiger partial charge in [0.2, 0.25) is 5.79 Å². The fourth-order valence-corrected chi connectivity index (χ4v) is 11.4. The summed E-state index contributed by atoms with van der Waals surface area (Å²) < 4.78 is 24.1. The second-order valence-electron chi connectivity index (χ2n) is 20.7. The molecule has 4 heterocycles. The first-order valence-electron chi connectivity index (χ1n) is 25.3. The van der Waals surface area contributed by atoms with Gasteiger partial charge in [-0.05, 0) is 138 Å². The van der Waals surface area contributed by atoms with Crippen molar-refractivity contribution in [3.63, 3.8) is 0 Å². The van der Waals surface area contributed by atoms with Crippen LogP contribution in [0.1, 0.15) is 132 Å². The number of nitrogens with one attached hydrogen (secondary N) is 1. The molecule has 3 fully saturated rings. The van der Waals surface area contributed by atoms with Crippen LogP contribution >= 0.6 is 11.3 Å². The molecule has 0 radical (unpaired) electrons. The van der Waals surface area contributed by atoms with Crippen molar-refractivity contribution in [1.82, 2.24) is 4.90 Å². The van der Waals surface area contributed by atoms with Gasteiger partial charge in [-0.1, -0.05) is 76.6 Å². The second-order valence-corrected chi connectivity index (χ2v) is 21.5. The summed E-state index contributed by atoms with van der Waals surface area (Å²) in [5.41, 5.74) is 2.53. The highest BCUT2D eigenvalue weighted by atomic mass is 32.1. The number of amides is 1. The third-order valence-electron chi connectivity index (χ3n) is 15.2. The van der Waals surface area contributed by atoms with Crippen LogP contribution in [-0.2, 0) is 38.1 Å². The summed E-state index contributed by atoms with van der Waals surface area (Å²) in [6.45, 7) is 13.7. The average Bonchev–Trinajstić information content (AvgIpc) is 3.84. The van der Waals surface area contributed by atoms with Gasteiger partial charge in [0.15, 0.2) is 5.78 Å². The molecular formula is C54H82N2O11S. The van der Waals surface area contributed by atoms with Crippen molar-refractivity contribution in [3.05, 3.63) is 64.4 Å². The molecule has 0 unspecified atom stereocenters. The van der Waals surface area contributed by atoms with Crippen LogP contribution in [0.3, 0.4) is 0 Å². The van der Waals surface area contributed by atoms with Crippen LogP contribution < -0.4 is 5.32 Å². The van der Waals surface area contributed by atoms with Crippen LogP contribution in [-0.4, -0.2) is 119 Å². The Kier molecular flexibility index (Phi) is 21.3. The number of hydrogen-bond acceptors (Lipinski definition) is 13. The fraction of sp³-hybridized carbons (Fsp3) is 0.704. The predicted octanol–water partition coefficient (Wildman–Crippen LogP) is 8.53. The number of fused-ring (bicyclic) bond motifs is 3. The van der Waals surface area contributed by atoms with E-state index in [1.165, 1.54) is 12.0 Å². The monoisotopic (exact) mass is 967 g/mol. The molecule has 4 aliphatic rings. The number of aliphatic hydroxyl groups excluding tert-OH is 2. The number of thiophene rings is 1. The third-order valence-corrected chi connectivity index (χ3v) is 15.8.